The number of benzene rings is 2. The summed E-state index contributed by atoms with van der Waals surface area (Å²) in [5, 5.41) is 0. The molecule has 0 spiro atoms. The average molecular weight is 402 g/mol. The summed E-state index contributed by atoms with van der Waals surface area (Å²) in [5.41, 5.74) is 3.96. The van der Waals surface area contributed by atoms with E-state index < -0.39 is 9.71 Å². The summed E-state index contributed by atoms with van der Waals surface area (Å²) >= 11 is 19.3. The van der Waals surface area contributed by atoms with Crippen molar-refractivity contribution in [2.75, 3.05) is 13.2 Å². The normalized spacial score (nSPS) is 11.9. The van der Waals surface area contributed by atoms with Crippen LogP contribution in [-0.2, 0) is 22.7 Å². The van der Waals surface area contributed by atoms with Gasteiger partial charge in [0, 0.05) is 13.2 Å². The Bertz CT molecular complexity index is 616. The zero-order valence-electron chi connectivity index (χ0n) is 14.5. The molecule has 0 saturated carbocycles. The highest BCUT2D eigenvalue weighted by molar-refractivity contribution is 6.68. The summed E-state index contributed by atoms with van der Waals surface area (Å²) < 4.78 is 9.70. The van der Waals surface area contributed by atoms with Gasteiger partial charge in [-0.2, -0.15) is 0 Å². The third-order valence-corrected chi connectivity index (χ3v) is 4.64. The lowest BCUT2D eigenvalue weighted by Gasteiger charge is -2.29. The van der Waals surface area contributed by atoms with Gasteiger partial charge in [-0.25, -0.2) is 0 Å². The molecule has 0 aliphatic rings. The van der Waals surface area contributed by atoms with Gasteiger partial charge in [-0.3, -0.25) is 0 Å². The predicted octanol–water partition coefficient (Wildman–Crippen LogP) is 6.26. The van der Waals surface area contributed by atoms with Crippen molar-refractivity contribution in [2.24, 2.45) is 0 Å². The van der Waals surface area contributed by atoms with Gasteiger partial charge in [0.1, 0.15) is 0 Å². The van der Waals surface area contributed by atoms with Crippen LogP contribution in [0.25, 0.3) is 0 Å². The SMILES string of the molecule is CCOCc1ccccc1C(c1ccccc1COCC)C(Cl)(Cl)Cl. The van der Waals surface area contributed by atoms with Gasteiger partial charge in [0.05, 0.1) is 19.1 Å². The first kappa shape index (κ1) is 20.5. The third kappa shape index (κ3) is 5.60. The summed E-state index contributed by atoms with van der Waals surface area (Å²) in [6.45, 7) is 6.16. The van der Waals surface area contributed by atoms with Crippen LogP contribution in [0, 0.1) is 0 Å². The van der Waals surface area contributed by atoms with E-state index in [1.54, 1.807) is 0 Å². The molecule has 0 saturated heterocycles. The zero-order chi connectivity index (χ0) is 18.3. The van der Waals surface area contributed by atoms with Crippen molar-refractivity contribution >= 4 is 34.8 Å². The molecule has 0 fully saturated rings. The lowest BCUT2D eigenvalue weighted by molar-refractivity contribution is 0.132. The molecule has 0 unspecified atom stereocenters. The van der Waals surface area contributed by atoms with Crippen LogP contribution in [0.1, 0.15) is 42.0 Å². The Labute approximate surface area is 165 Å². The van der Waals surface area contributed by atoms with Crippen molar-refractivity contribution in [3.8, 4) is 0 Å². The molecule has 2 aromatic carbocycles. The fourth-order valence-corrected chi connectivity index (χ4v) is 3.54. The highest BCUT2D eigenvalue weighted by atomic mass is 35.6. The Hall–Kier alpha value is -0.770. The largest absolute Gasteiger partial charge is 0.377 e. The topological polar surface area (TPSA) is 18.5 Å². The lowest BCUT2D eigenvalue weighted by atomic mass is 9.86. The average Bonchev–Trinajstić information content (AvgIpc) is 2.59. The molecule has 5 heteroatoms. The first-order valence-corrected chi connectivity index (χ1v) is 9.50. The molecule has 25 heavy (non-hydrogen) atoms. The van der Waals surface area contributed by atoms with Crippen LogP contribution >= 0.6 is 34.8 Å². The van der Waals surface area contributed by atoms with Crippen LogP contribution in [0.4, 0.5) is 0 Å². The second kappa shape index (κ2) is 9.80. The Balaban J connectivity index is 2.53. The van der Waals surface area contributed by atoms with Crippen LogP contribution in [0.3, 0.4) is 0 Å². The molecule has 2 aromatic rings. The second-order valence-corrected chi connectivity index (χ2v) is 8.02. The molecule has 0 bridgehead atoms. The Morgan fingerprint density at radius 1 is 0.760 bits per heavy atom. The van der Waals surface area contributed by atoms with E-state index in [9.17, 15) is 0 Å². The van der Waals surface area contributed by atoms with Crippen LogP contribution in [0.2, 0.25) is 0 Å². The Morgan fingerprint density at radius 3 is 1.52 bits per heavy atom. The first-order chi connectivity index (χ1) is 12.0. The minimum atomic E-state index is -1.50. The van der Waals surface area contributed by atoms with Crippen molar-refractivity contribution < 1.29 is 9.47 Å². The predicted molar refractivity (Wildman–Crippen MR) is 106 cm³/mol. The third-order valence-electron chi connectivity index (χ3n) is 3.98. The number of alkyl halides is 3. The van der Waals surface area contributed by atoms with Gasteiger partial charge < -0.3 is 9.47 Å². The van der Waals surface area contributed by atoms with Crippen LogP contribution in [-0.4, -0.2) is 17.0 Å². The second-order valence-electron chi connectivity index (χ2n) is 5.65. The molecule has 0 atom stereocenters. The van der Waals surface area contributed by atoms with Crippen LogP contribution < -0.4 is 0 Å². The van der Waals surface area contributed by atoms with Crippen molar-refractivity contribution in [3.05, 3.63) is 70.8 Å². The maximum Gasteiger partial charge on any atom is 0.201 e. The molecule has 0 radical (unpaired) electrons. The van der Waals surface area contributed by atoms with Gasteiger partial charge in [-0.1, -0.05) is 83.3 Å². The van der Waals surface area contributed by atoms with Gasteiger partial charge >= 0.3 is 0 Å². The number of rotatable bonds is 8. The molecule has 136 valence electrons. The van der Waals surface area contributed by atoms with Gasteiger partial charge in [0.2, 0.25) is 3.79 Å². The summed E-state index contributed by atoms with van der Waals surface area (Å²) in [7, 11) is 0. The summed E-state index contributed by atoms with van der Waals surface area (Å²) in [5.74, 6) is -0.411. The number of halogens is 3. The standard InChI is InChI=1S/C20H23Cl3O2/c1-3-24-13-15-9-5-7-11-17(15)19(20(21,22)23)18-12-8-6-10-16(18)14-25-4-2/h5-12,19H,3-4,13-14H2,1-2H3. The zero-order valence-corrected chi connectivity index (χ0v) is 16.7. The molecule has 0 N–H and O–H groups in total. The molecule has 0 aliphatic heterocycles. The van der Waals surface area contributed by atoms with E-state index in [2.05, 4.69) is 0 Å². The van der Waals surface area contributed by atoms with Gasteiger partial charge in [-0.05, 0) is 36.1 Å². The first-order valence-electron chi connectivity index (χ1n) is 8.36. The maximum atomic E-state index is 6.43. The number of hydrogen-bond acceptors (Lipinski definition) is 2. The molecular formula is C20H23Cl3O2. The molecule has 0 aromatic heterocycles. The minimum absolute atomic E-state index is 0.411. The molecule has 2 rings (SSSR count). The van der Waals surface area contributed by atoms with E-state index in [1.807, 2.05) is 62.4 Å². The maximum absolute atomic E-state index is 6.43. The van der Waals surface area contributed by atoms with Crippen molar-refractivity contribution in [1.82, 2.24) is 0 Å². The van der Waals surface area contributed by atoms with Crippen LogP contribution in [0.15, 0.2) is 48.5 Å². The molecule has 0 aliphatic carbocycles. The molecular weight excluding hydrogens is 379 g/mol. The van der Waals surface area contributed by atoms with Gasteiger partial charge in [0.25, 0.3) is 0 Å². The highest BCUT2D eigenvalue weighted by Gasteiger charge is 2.37. The minimum Gasteiger partial charge on any atom is -0.377 e. The van der Waals surface area contributed by atoms with E-state index in [0.717, 1.165) is 22.3 Å². The summed E-state index contributed by atoms with van der Waals surface area (Å²) in [4.78, 5) is 0. The fraction of sp³-hybridized carbons (Fsp3) is 0.400. The van der Waals surface area contributed by atoms with E-state index >= 15 is 0 Å². The van der Waals surface area contributed by atoms with Crippen molar-refractivity contribution in [1.29, 1.82) is 0 Å². The Morgan fingerprint density at radius 2 is 1.16 bits per heavy atom. The van der Waals surface area contributed by atoms with E-state index in [1.165, 1.54) is 0 Å². The van der Waals surface area contributed by atoms with Crippen molar-refractivity contribution in [2.45, 2.75) is 36.8 Å². The fourth-order valence-electron chi connectivity index (χ4n) is 2.84. The van der Waals surface area contributed by atoms with E-state index in [-0.39, 0.29) is 0 Å². The van der Waals surface area contributed by atoms with Gasteiger partial charge in [0.15, 0.2) is 0 Å². The summed E-state index contributed by atoms with van der Waals surface area (Å²) in [6.07, 6.45) is 0. The van der Waals surface area contributed by atoms with Gasteiger partial charge in [-0.15, -0.1) is 0 Å². The smallest absolute Gasteiger partial charge is 0.201 e. The summed E-state index contributed by atoms with van der Waals surface area (Å²) in [6, 6.07) is 15.9. The van der Waals surface area contributed by atoms with E-state index in [4.69, 9.17) is 44.3 Å². The molecule has 0 amide bonds. The Kier molecular flexibility index (Phi) is 8.05. The van der Waals surface area contributed by atoms with E-state index in [0.29, 0.717) is 26.4 Å². The number of ether oxygens (including phenoxy) is 2. The quantitative estimate of drug-likeness (QED) is 0.486. The van der Waals surface area contributed by atoms with Crippen LogP contribution in [0.5, 0.6) is 0 Å². The highest BCUT2D eigenvalue weighted by Crippen LogP contribution is 2.47. The number of hydrogen-bond donors (Lipinski definition) is 0. The molecule has 0 heterocycles. The van der Waals surface area contributed by atoms with Crippen molar-refractivity contribution in [3.63, 3.8) is 0 Å². The monoisotopic (exact) mass is 400 g/mol. The lowest BCUT2D eigenvalue weighted by Crippen LogP contribution is -2.22. The molecule has 2 nitrogen and oxygen atoms in total.